The van der Waals surface area contributed by atoms with Crippen molar-refractivity contribution < 1.29 is 9.53 Å². The Balaban J connectivity index is 2.11. The highest BCUT2D eigenvalue weighted by molar-refractivity contribution is 6.31. The van der Waals surface area contributed by atoms with Crippen LogP contribution in [0.2, 0.25) is 10.0 Å². The summed E-state index contributed by atoms with van der Waals surface area (Å²) in [6.07, 6.45) is 0. The molecule has 0 atom stereocenters. The minimum atomic E-state index is -0.110. The first-order chi connectivity index (χ1) is 9.47. The highest BCUT2D eigenvalue weighted by Gasteiger charge is 2.10. The molecule has 0 amide bonds. The third-order valence-corrected chi connectivity index (χ3v) is 3.37. The van der Waals surface area contributed by atoms with Crippen LogP contribution in [-0.2, 0) is 0 Å². The lowest BCUT2D eigenvalue weighted by Gasteiger charge is -2.12. The number of ether oxygens (including phenoxy) is 1. The topological polar surface area (TPSA) is 26.3 Å². The molecule has 0 saturated heterocycles. The number of halogens is 2. The van der Waals surface area contributed by atoms with Crippen molar-refractivity contribution in [2.45, 2.75) is 13.8 Å². The Hall–Kier alpha value is -1.51. The summed E-state index contributed by atoms with van der Waals surface area (Å²) in [5, 5.41) is 1.20. The number of carbonyl (C=O) groups excluding carboxylic acids is 1. The van der Waals surface area contributed by atoms with Crippen molar-refractivity contribution in [3.63, 3.8) is 0 Å². The van der Waals surface area contributed by atoms with E-state index in [0.29, 0.717) is 21.4 Å². The van der Waals surface area contributed by atoms with Gasteiger partial charge in [0.05, 0.1) is 0 Å². The number of ketones is 1. The highest BCUT2D eigenvalue weighted by atomic mass is 35.5. The van der Waals surface area contributed by atoms with Gasteiger partial charge in [0.2, 0.25) is 0 Å². The molecule has 0 aliphatic carbocycles. The second-order valence-electron chi connectivity index (χ2n) is 4.59. The first-order valence-corrected chi connectivity index (χ1v) is 6.91. The molecule has 0 aliphatic rings. The van der Waals surface area contributed by atoms with E-state index in [-0.39, 0.29) is 12.4 Å². The van der Waals surface area contributed by atoms with Crippen molar-refractivity contribution in [3.8, 4) is 5.75 Å². The van der Waals surface area contributed by atoms with Crippen molar-refractivity contribution in [1.29, 1.82) is 0 Å². The van der Waals surface area contributed by atoms with Crippen molar-refractivity contribution in [2.75, 3.05) is 6.61 Å². The second-order valence-corrected chi connectivity index (χ2v) is 5.46. The zero-order valence-electron chi connectivity index (χ0n) is 11.2. The quantitative estimate of drug-likeness (QED) is 0.753. The van der Waals surface area contributed by atoms with Gasteiger partial charge in [0, 0.05) is 15.6 Å². The Labute approximate surface area is 128 Å². The lowest BCUT2D eigenvalue weighted by molar-refractivity contribution is 0.0920. The molecule has 2 rings (SSSR count). The van der Waals surface area contributed by atoms with E-state index < -0.39 is 0 Å². The van der Waals surface area contributed by atoms with Gasteiger partial charge in [-0.3, -0.25) is 4.79 Å². The van der Waals surface area contributed by atoms with E-state index in [9.17, 15) is 4.79 Å². The standard InChI is InChI=1S/C16H14Cl2O2/c1-10-6-14(18)7-11(2)16(10)20-9-15(19)12-4-3-5-13(17)8-12/h3-8H,9H2,1-2H3. The van der Waals surface area contributed by atoms with Crippen LogP contribution in [0.3, 0.4) is 0 Å². The maximum Gasteiger partial charge on any atom is 0.200 e. The summed E-state index contributed by atoms with van der Waals surface area (Å²) in [6, 6.07) is 10.5. The highest BCUT2D eigenvalue weighted by Crippen LogP contribution is 2.27. The first kappa shape index (κ1) is 14.9. The lowest BCUT2D eigenvalue weighted by Crippen LogP contribution is -2.12. The van der Waals surface area contributed by atoms with Crippen LogP contribution in [0.1, 0.15) is 21.5 Å². The Kier molecular flexibility index (Phi) is 4.69. The van der Waals surface area contributed by atoms with Crippen molar-refractivity contribution in [3.05, 3.63) is 63.1 Å². The van der Waals surface area contributed by atoms with Crippen LogP contribution in [0.4, 0.5) is 0 Å². The maximum absolute atomic E-state index is 12.1. The summed E-state index contributed by atoms with van der Waals surface area (Å²) < 4.78 is 5.63. The third kappa shape index (κ3) is 3.53. The van der Waals surface area contributed by atoms with Gasteiger partial charge in [0.15, 0.2) is 12.4 Å². The Morgan fingerprint density at radius 1 is 1.05 bits per heavy atom. The number of hydrogen-bond donors (Lipinski definition) is 0. The van der Waals surface area contributed by atoms with Gasteiger partial charge in [-0.15, -0.1) is 0 Å². The molecular weight excluding hydrogens is 295 g/mol. The average molecular weight is 309 g/mol. The minimum Gasteiger partial charge on any atom is -0.485 e. The normalized spacial score (nSPS) is 10.4. The zero-order chi connectivity index (χ0) is 14.7. The molecule has 0 fully saturated rings. The molecule has 0 aromatic heterocycles. The zero-order valence-corrected chi connectivity index (χ0v) is 12.8. The number of rotatable bonds is 4. The molecule has 0 heterocycles. The molecule has 0 bridgehead atoms. The van der Waals surface area contributed by atoms with Gasteiger partial charge in [-0.25, -0.2) is 0 Å². The molecule has 0 saturated carbocycles. The number of benzene rings is 2. The molecule has 0 unspecified atom stereocenters. The monoisotopic (exact) mass is 308 g/mol. The van der Waals surface area contributed by atoms with Crippen LogP contribution in [-0.4, -0.2) is 12.4 Å². The van der Waals surface area contributed by atoms with E-state index in [2.05, 4.69) is 0 Å². The van der Waals surface area contributed by atoms with Crippen molar-refractivity contribution >= 4 is 29.0 Å². The predicted octanol–water partition coefficient (Wildman–Crippen LogP) is 4.87. The number of Topliss-reactive ketones (excluding diaryl/α,β-unsaturated/α-hetero) is 1. The number of aryl methyl sites for hydroxylation is 2. The molecule has 0 aliphatic heterocycles. The van der Waals surface area contributed by atoms with Gasteiger partial charge in [-0.2, -0.15) is 0 Å². The first-order valence-electron chi connectivity index (χ1n) is 6.15. The van der Waals surface area contributed by atoms with E-state index in [0.717, 1.165) is 11.1 Å². The van der Waals surface area contributed by atoms with Gasteiger partial charge in [-0.05, 0) is 49.2 Å². The van der Waals surface area contributed by atoms with Crippen LogP contribution < -0.4 is 4.74 Å². The molecule has 0 spiro atoms. The van der Waals surface area contributed by atoms with Crippen LogP contribution in [0, 0.1) is 13.8 Å². The Morgan fingerprint density at radius 3 is 2.30 bits per heavy atom. The van der Waals surface area contributed by atoms with Crippen LogP contribution in [0.5, 0.6) is 5.75 Å². The average Bonchev–Trinajstić information content (AvgIpc) is 2.37. The van der Waals surface area contributed by atoms with Gasteiger partial charge in [0.1, 0.15) is 5.75 Å². The largest absolute Gasteiger partial charge is 0.485 e. The smallest absolute Gasteiger partial charge is 0.200 e. The molecule has 2 aromatic rings. The van der Waals surface area contributed by atoms with Crippen LogP contribution in [0.15, 0.2) is 36.4 Å². The van der Waals surface area contributed by atoms with Gasteiger partial charge in [0.25, 0.3) is 0 Å². The summed E-state index contributed by atoms with van der Waals surface area (Å²) >= 11 is 11.8. The minimum absolute atomic E-state index is 0.0242. The Bertz CT molecular complexity index is 628. The van der Waals surface area contributed by atoms with E-state index in [1.807, 2.05) is 26.0 Å². The second kappa shape index (κ2) is 6.29. The van der Waals surface area contributed by atoms with E-state index in [1.165, 1.54) is 0 Å². The Morgan fingerprint density at radius 2 is 1.70 bits per heavy atom. The fraction of sp³-hybridized carbons (Fsp3) is 0.188. The SMILES string of the molecule is Cc1cc(Cl)cc(C)c1OCC(=O)c1cccc(Cl)c1. The fourth-order valence-corrected chi connectivity index (χ4v) is 2.53. The molecular formula is C16H14Cl2O2. The molecule has 4 heteroatoms. The van der Waals surface area contributed by atoms with E-state index in [4.69, 9.17) is 27.9 Å². The summed E-state index contributed by atoms with van der Waals surface area (Å²) in [4.78, 5) is 12.1. The maximum atomic E-state index is 12.1. The molecule has 2 nitrogen and oxygen atoms in total. The number of carbonyl (C=O) groups is 1. The van der Waals surface area contributed by atoms with E-state index in [1.54, 1.807) is 24.3 Å². The molecule has 20 heavy (non-hydrogen) atoms. The summed E-state index contributed by atoms with van der Waals surface area (Å²) in [5.74, 6) is 0.589. The molecule has 104 valence electrons. The van der Waals surface area contributed by atoms with Gasteiger partial charge >= 0.3 is 0 Å². The third-order valence-electron chi connectivity index (χ3n) is 2.92. The molecule has 2 aromatic carbocycles. The molecule has 0 N–H and O–H groups in total. The summed E-state index contributed by atoms with van der Waals surface area (Å²) in [7, 11) is 0. The summed E-state index contributed by atoms with van der Waals surface area (Å²) in [6.45, 7) is 3.78. The summed E-state index contributed by atoms with van der Waals surface area (Å²) in [5.41, 5.74) is 2.37. The van der Waals surface area contributed by atoms with Crippen molar-refractivity contribution in [1.82, 2.24) is 0 Å². The predicted molar refractivity (Wildman–Crippen MR) is 82.2 cm³/mol. The van der Waals surface area contributed by atoms with Gasteiger partial charge < -0.3 is 4.74 Å². The lowest BCUT2D eigenvalue weighted by atomic mass is 10.1. The van der Waals surface area contributed by atoms with Gasteiger partial charge in [-0.1, -0.05) is 35.3 Å². The molecule has 0 radical (unpaired) electrons. The van der Waals surface area contributed by atoms with E-state index >= 15 is 0 Å². The van der Waals surface area contributed by atoms with Crippen LogP contribution in [0.25, 0.3) is 0 Å². The van der Waals surface area contributed by atoms with Crippen molar-refractivity contribution in [2.24, 2.45) is 0 Å². The fourth-order valence-electron chi connectivity index (χ4n) is 2.01. The van der Waals surface area contributed by atoms with Crippen LogP contribution >= 0.6 is 23.2 Å². The number of hydrogen-bond acceptors (Lipinski definition) is 2.